The zero-order valence-corrected chi connectivity index (χ0v) is 16.1. The maximum Gasteiger partial charge on any atom is 0.260 e. The van der Waals surface area contributed by atoms with E-state index >= 15 is 0 Å². The van der Waals surface area contributed by atoms with Gasteiger partial charge in [0.1, 0.15) is 5.75 Å². The Morgan fingerprint density at radius 2 is 1.93 bits per heavy atom. The third kappa shape index (κ3) is 3.68. The Morgan fingerprint density at radius 1 is 1.11 bits per heavy atom. The number of aromatic amines is 1. The molecule has 1 N–H and O–H groups in total. The zero-order chi connectivity index (χ0) is 18.8. The number of ether oxygens (including phenoxy) is 1. The number of para-hydroxylation sites is 2. The van der Waals surface area contributed by atoms with Gasteiger partial charge >= 0.3 is 0 Å². The molecule has 0 saturated heterocycles. The van der Waals surface area contributed by atoms with E-state index in [1.807, 2.05) is 30.5 Å². The van der Waals surface area contributed by atoms with Crippen LogP contribution in [0.15, 0.2) is 54.7 Å². The van der Waals surface area contributed by atoms with Crippen molar-refractivity contribution in [1.29, 1.82) is 0 Å². The third-order valence-electron chi connectivity index (χ3n) is 4.76. The first-order valence-electron chi connectivity index (χ1n) is 8.73. The van der Waals surface area contributed by atoms with Gasteiger partial charge in [-0.05, 0) is 30.2 Å². The van der Waals surface area contributed by atoms with Crippen molar-refractivity contribution in [2.45, 2.75) is 6.42 Å². The van der Waals surface area contributed by atoms with E-state index in [-0.39, 0.29) is 12.5 Å². The molecule has 1 amide bonds. The zero-order valence-electron chi connectivity index (χ0n) is 14.5. The first-order valence-corrected chi connectivity index (χ1v) is 9.49. The standard InChI is InChI=1S/C21H18Cl2N2O2/c22-17-5-1-2-7-19(17)27-13-20(26)25-10-8-14(9-11-25)16-12-24-21-15(16)4-3-6-18(21)23/h1-8,12,24H,9-11,13H2. The van der Waals surface area contributed by atoms with Crippen LogP contribution in [0.3, 0.4) is 0 Å². The molecule has 1 aliphatic rings. The van der Waals surface area contributed by atoms with Gasteiger partial charge in [-0.25, -0.2) is 0 Å². The molecule has 4 rings (SSSR count). The summed E-state index contributed by atoms with van der Waals surface area (Å²) < 4.78 is 5.56. The Labute approximate surface area is 167 Å². The molecule has 1 aliphatic heterocycles. The van der Waals surface area contributed by atoms with Gasteiger partial charge in [0, 0.05) is 30.2 Å². The van der Waals surface area contributed by atoms with Gasteiger partial charge in [0.05, 0.1) is 15.6 Å². The lowest BCUT2D eigenvalue weighted by atomic mass is 9.99. The molecule has 0 spiro atoms. The Morgan fingerprint density at radius 3 is 2.70 bits per heavy atom. The molecule has 0 atom stereocenters. The van der Waals surface area contributed by atoms with E-state index in [4.69, 9.17) is 27.9 Å². The lowest BCUT2D eigenvalue weighted by Crippen LogP contribution is -2.37. The largest absolute Gasteiger partial charge is 0.482 e. The number of rotatable bonds is 4. The lowest BCUT2D eigenvalue weighted by molar-refractivity contribution is -0.132. The molecule has 0 saturated carbocycles. The molecule has 4 nitrogen and oxygen atoms in total. The van der Waals surface area contributed by atoms with Crippen LogP contribution in [0, 0.1) is 0 Å². The van der Waals surface area contributed by atoms with Crippen LogP contribution < -0.4 is 4.74 Å². The summed E-state index contributed by atoms with van der Waals surface area (Å²) in [5.41, 5.74) is 3.31. The second-order valence-electron chi connectivity index (χ2n) is 6.40. The highest BCUT2D eigenvalue weighted by Crippen LogP contribution is 2.32. The van der Waals surface area contributed by atoms with Crippen LogP contribution in [0.25, 0.3) is 16.5 Å². The summed E-state index contributed by atoms with van der Waals surface area (Å²) >= 11 is 12.3. The number of halogens is 2. The minimum Gasteiger partial charge on any atom is -0.482 e. The molecule has 0 aliphatic carbocycles. The summed E-state index contributed by atoms with van der Waals surface area (Å²) in [5, 5.41) is 2.32. The number of fused-ring (bicyclic) bond motifs is 1. The van der Waals surface area contributed by atoms with Crippen LogP contribution >= 0.6 is 23.2 Å². The third-order valence-corrected chi connectivity index (χ3v) is 5.39. The second-order valence-corrected chi connectivity index (χ2v) is 7.22. The van der Waals surface area contributed by atoms with Crippen molar-refractivity contribution in [2.24, 2.45) is 0 Å². The number of benzene rings is 2. The van der Waals surface area contributed by atoms with E-state index in [1.165, 1.54) is 5.57 Å². The van der Waals surface area contributed by atoms with E-state index in [0.29, 0.717) is 28.9 Å². The maximum absolute atomic E-state index is 12.4. The number of nitrogens with zero attached hydrogens (tertiary/aromatic N) is 1. The van der Waals surface area contributed by atoms with E-state index in [0.717, 1.165) is 22.9 Å². The predicted molar refractivity (Wildman–Crippen MR) is 109 cm³/mol. The molecule has 6 heteroatoms. The fourth-order valence-electron chi connectivity index (χ4n) is 3.32. The van der Waals surface area contributed by atoms with Crippen molar-refractivity contribution in [3.8, 4) is 5.75 Å². The average molecular weight is 401 g/mol. The van der Waals surface area contributed by atoms with Gasteiger partial charge in [0.2, 0.25) is 0 Å². The molecule has 2 heterocycles. The minimum absolute atomic E-state index is 0.0183. The summed E-state index contributed by atoms with van der Waals surface area (Å²) in [5.74, 6) is 0.476. The van der Waals surface area contributed by atoms with Crippen LogP contribution in [-0.2, 0) is 4.79 Å². The van der Waals surface area contributed by atoms with E-state index < -0.39 is 0 Å². The van der Waals surface area contributed by atoms with Crippen LogP contribution in [0.4, 0.5) is 0 Å². The average Bonchev–Trinajstić information content (AvgIpc) is 3.13. The maximum atomic E-state index is 12.4. The van der Waals surface area contributed by atoms with Crippen molar-refractivity contribution in [2.75, 3.05) is 19.7 Å². The molecule has 2 aromatic carbocycles. The SMILES string of the molecule is O=C(COc1ccccc1Cl)N1CC=C(c2c[nH]c3c(Cl)cccc23)CC1. The molecule has 0 unspecified atom stereocenters. The molecule has 0 fully saturated rings. The fraction of sp³-hybridized carbons (Fsp3) is 0.190. The van der Waals surface area contributed by atoms with Crippen LogP contribution in [0.2, 0.25) is 10.0 Å². The second kappa shape index (κ2) is 7.67. The molecule has 0 bridgehead atoms. The van der Waals surface area contributed by atoms with Crippen LogP contribution in [-0.4, -0.2) is 35.5 Å². The highest BCUT2D eigenvalue weighted by atomic mass is 35.5. The Balaban J connectivity index is 1.43. The van der Waals surface area contributed by atoms with Crippen molar-refractivity contribution >= 4 is 45.6 Å². The van der Waals surface area contributed by atoms with Crippen molar-refractivity contribution in [3.05, 3.63) is 70.3 Å². The summed E-state index contributed by atoms with van der Waals surface area (Å²) in [4.78, 5) is 17.5. The first kappa shape index (κ1) is 18.0. The summed E-state index contributed by atoms with van der Waals surface area (Å²) in [7, 11) is 0. The number of hydrogen-bond donors (Lipinski definition) is 1. The molecule has 27 heavy (non-hydrogen) atoms. The molecular weight excluding hydrogens is 383 g/mol. The number of aromatic nitrogens is 1. The monoisotopic (exact) mass is 400 g/mol. The predicted octanol–water partition coefficient (Wildman–Crippen LogP) is 5.17. The van der Waals surface area contributed by atoms with Crippen molar-refractivity contribution in [3.63, 3.8) is 0 Å². The van der Waals surface area contributed by atoms with Gasteiger partial charge in [0.25, 0.3) is 5.91 Å². The van der Waals surface area contributed by atoms with E-state index in [9.17, 15) is 4.79 Å². The topological polar surface area (TPSA) is 45.3 Å². The Bertz CT molecular complexity index is 1030. The number of carbonyl (C=O) groups is 1. The van der Waals surface area contributed by atoms with Gasteiger partial charge in [-0.2, -0.15) is 0 Å². The molecule has 0 radical (unpaired) electrons. The number of amides is 1. The van der Waals surface area contributed by atoms with Gasteiger partial charge in [-0.1, -0.05) is 53.5 Å². The van der Waals surface area contributed by atoms with Gasteiger partial charge < -0.3 is 14.6 Å². The fourth-order valence-corrected chi connectivity index (χ4v) is 3.74. The highest BCUT2D eigenvalue weighted by Gasteiger charge is 2.20. The number of H-pyrrole nitrogens is 1. The van der Waals surface area contributed by atoms with Gasteiger partial charge in [-0.15, -0.1) is 0 Å². The number of nitrogens with one attached hydrogen (secondary N) is 1. The molecule has 138 valence electrons. The first-order chi connectivity index (χ1) is 13.1. The van der Waals surface area contributed by atoms with Crippen molar-refractivity contribution < 1.29 is 9.53 Å². The Hall–Kier alpha value is -2.43. The summed E-state index contributed by atoms with van der Waals surface area (Å²) in [6.45, 7) is 1.20. The summed E-state index contributed by atoms with van der Waals surface area (Å²) in [6, 6.07) is 13.0. The quantitative estimate of drug-likeness (QED) is 0.656. The van der Waals surface area contributed by atoms with E-state index in [2.05, 4.69) is 17.1 Å². The minimum atomic E-state index is -0.0489. The van der Waals surface area contributed by atoms with Crippen molar-refractivity contribution in [1.82, 2.24) is 9.88 Å². The lowest BCUT2D eigenvalue weighted by Gasteiger charge is -2.26. The smallest absolute Gasteiger partial charge is 0.260 e. The Kier molecular flexibility index (Phi) is 5.10. The summed E-state index contributed by atoms with van der Waals surface area (Å²) in [6.07, 6.45) is 4.87. The van der Waals surface area contributed by atoms with Gasteiger partial charge in [-0.3, -0.25) is 4.79 Å². The highest BCUT2D eigenvalue weighted by molar-refractivity contribution is 6.35. The van der Waals surface area contributed by atoms with Crippen LogP contribution in [0.1, 0.15) is 12.0 Å². The molecule has 1 aromatic heterocycles. The molecular formula is C21H18Cl2N2O2. The number of hydrogen-bond acceptors (Lipinski definition) is 2. The van der Waals surface area contributed by atoms with E-state index in [1.54, 1.807) is 17.0 Å². The van der Waals surface area contributed by atoms with Gasteiger partial charge in [0.15, 0.2) is 6.61 Å². The number of carbonyl (C=O) groups excluding carboxylic acids is 1. The normalized spacial score (nSPS) is 14.3. The van der Waals surface area contributed by atoms with Crippen LogP contribution in [0.5, 0.6) is 5.75 Å². The molecule has 3 aromatic rings.